The third-order valence-electron chi connectivity index (χ3n) is 3.69. The number of halogens is 1. The molecule has 0 N–H and O–H groups in total. The van der Waals surface area contributed by atoms with Gasteiger partial charge in [-0.2, -0.15) is 5.26 Å². The van der Waals surface area contributed by atoms with E-state index in [0.29, 0.717) is 6.61 Å². The Kier molecular flexibility index (Phi) is 4.66. The van der Waals surface area contributed by atoms with E-state index in [9.17, 15) is 5.26 Å². The second-order valence-electron chi connectivity index (χ2n) is 5.01. The highest BCUT2D eigenvalue weighted by Gasteiger charge is 2.31. The molecule has 1 aromatic carbocycles. The van der Waals surface area contributed by atoms with Gasteiger partial charge in [0.1, 0.15) is 5.75 Å². The molecule has 2 nitrogen and oxygen atoms in total. The minimum absolute atomic E-state index is 0.135. The maximum Gasteiger partial charge on any atom is 0.120 e. The summed E-state index contributed by atoms with van der Waals surface area (Å²) in [5.74, 6) is 0.869. The van der Waals surface area contributed by atoms with Crippen molar-refractivity contribution in [3.05, 3.63) is 28.7 Å². The normalized spacial score (nSPS) is 18.0. The van der Waals surface area contributed by atoms with Crippen molar-refractivity contribution in [3.8, 4) is 11.8 Å². The summed E-state index contributed by atoms with van der Waals surface area (Å²) < 4.78 is 6.76. The first-order chi connectivity index (χ1) is 8.74. The van der Waals surface area contributed by atoms with E-state index in [-0.39, 0.29) is 5.41 Å². The zero-order chi connectivity index (χ0) is 12.8. The van der Waals surface area contributed by atoms with Crippen LogP contribution < -0.4 is 4.74 Å². The standard InChI is InChI=1S/C15H18BrNO/c16-13-5-4-6-14(11-13)18-10-9-15(12-17)7-2-1-3-8-15/h4-6,11H,1-3,7-10H2. The largest absolute Gasteiger partial charge is 0.493 e. The number of benzene rings is 1. The van der Waals surface area contributed by atoms with Crippen LogP contribution in [0.4, 0.5) is 0 Å². The first-order valence-electron chi connectivity index (χ1n) is 6.54. The Balaban J connectivity index is 1.86. The van der Waals surface area contributed by atoms with Gasteiger partial charge in [0.05, 0.1) is 18.1 Å². The molecule has 1 saturated carbocycles. The van der Waals surface area contributed by atoms with Crippen LogP contribution in [-0.2, 0) is 0 Å². The molecule has 0 radical (unpaired) electrons. The molecule has 0 amide bonds. The fraction of sp³-hybridized carbons (Fsp3) is 0.533. The molecule has 0 heterocycles. The number of hydrogen-bond donors (Lipinski definition) is 0. The van der Waals surface area contributed by atoms with Crippen LogP contribution in [0.5, 0.6) is 5.75 Å². The van der Waals surface area contributed by atoms with Crippen molar-refractivity contribution in [2.75, 3.05) is 6.61 Å². The van der Waals surface area contributed by atoms with E-state index in [1.54, 1.807) is 0 Å². The van der Waals surface area contributed by atoms with Gasteiger partial charge >= 0.3 is 0 Å². The van der Waals surface area contributed by atoms with Crippen LogP contribution in [0.1, 0.15) is 38.5 Å². The molecule has 1 aliphatic carbocycles. The quantitative estimate of drug-likeness (QED) is 0.808. The molecule has 18 heavy (non-hydrogen) atoms. The summed E-state index contributed by atoms with van der Waals surface area (Å²) in [6.45, 7) is 0.629. The van der Waals surface area contributed by atoms with Gasteiger partial charge in [0.25, 0.3) is 0 Å². The lowest BCUT2D eigenvalue weighted by molar-refractivity contribution is 0.193. The van der Waals surface area contributed by atoms with Crippen molar-refractivity contribution >= 4 is 15.9 Å². The van der Waals surface area contributed by atoms with Crippen LogP contribution in [0.25, 0.3) is 0 Å². The zero-order valence-electron chi connectivity index (χ0n) is 10.5. The van der Waals surface area contributed by atoms with Crippen molar-refractivity contribution in [1.29, 1.82) is 5.26 Å². The van der Waals surface area contributed by atoms with E-state index in [1.807, 2.05) is 24.3 Å². The summed E-state index contributed by atoms with van der Waals surface area (Å²) >= 11 is 3.42. The average molecular weight is 308 g/mol. The van der Waals surface area contributed by atoms with Gasteiger partial charge < -0.3 is 4.74 Å². The Bertz CT molecular complexity index is 432. The van der Waals surface area contributed by atoms with E-state index < -0.39 is 0 Å². The minimum Gasteiger partial charge on any atom is -0.493 e. The number of ether oxygens (including phenoxy) is 1. The van der Waals surface area contributed by atoms with Gasteiger partial charge in [0.15, 0.2) is 0 Å². The number of nitrogens with zero attached hydrogens (tertiary/aromatic N) is 1. The highest BCUT2D eigenvalue weighted by atomic mass is 79.9. The lowest BCUT2D eigenvalue weighted by Gasteiger charge is -2.30. The number of rotatable bonds is 4. The first kappa shape index (κ1) is 13.4. The lowest BCUT2D eigenvalue weighted by atomic mass is 9.73. The third kappa shape index (κ3) is 3.49. The molecule has 1 fully saturated rings. The SMILES string of the molecule is N#CC1(CCOc2cccc(Br)c2)CCCCC1. The minimum atomic E-state index is -0.135. The van der Waals surface area contributed by atoms with Crippen LogP contribution in [0.15, 0.2) is 28.7 Å². The molecule has 3 heteroatoms. The molecule has 0 aromatic heterocycles. The molecule has 0 unspecified atom stereocenters. The van der Waals surface area contributed by atoms with Crippen molar-refractivity contribution < 1.29 is 4.74 Å². The predicted molar refractivity (Wildman–Crippen MR) is 75.4 cm³/mol. The molecular formula is C15H18BrNO. The van der Waals surface area contributed by atoms with E-state index >= 15 is 0 Å². The van der Waals surface area contributed by atoms with Crippen LogP contribution in [0, 0.1) is 16.7 Å². The molecule has 0 spiro atoms. The average Bonchev–Trinajstić information content (AvgIpc) is 2.40. The van der Waals surface area contributed by atoms with E-state index in [4.69, 9.17) is 4.74 Å². The Morgan fingerprint density at radius 3 is 2.72 bits per heavy atom. The maximum absolute atomic E-state index is 9.37. The van der Waals surface area contributed by atoms with E-state index in [0.717, 1.165) is 29.5 Å². The fourth-order valence-corrected chi connectivity index (χ4v) is 2.95. The highest BCUT2D eigenvalue weighted by Crippen LogP contribution is 2.38. The predicted octanol–water partition coefficient (Wildman–Crippen LogP) is 4.69. The Morgan fingerprint density at radius 2 is 2.06 bits per heavy atom. The molecular weight excluding hydrogens is 290 g/mol. The van der Waals surface area contributed by atoms with Crippen molar-refractivity contribution in [3.63, 3.8) is 0 Å². The van der Waals surface area contributed by atoms with Crippen molar-refractivity contribution in [1.82, 2.24) is 0 Å². The topological polar surface area (TPSA) is 33.0 Å². The summed E-state index contributed by atoms with van der Waals surface area (Å²) in [4.78, 5) is 0. The van der Waals surface area contributed by atoms with Crippen molar-refractivity contribution in [2.45, 2.75) is 38.5 Å². The zero-order valence-corrected chi connectivity index (χ0v) is 12.1. The molecule has 0 saturated heterocycles. The lowest BCUT2D eigenvalue weighted by Crippen LogP contribution is -2.24. The summed E-state index contributed by atoms with van der Waals surface area (Å²) in [5.41, 5.74) is -0.135. The highest BCUT2D eigenvalue weighted by molar-refractivity contribution is 9.10. The second kappa shape index (κ2) is 6.24. The van der Waals surface area contributed by atoms with Gasteiger partial charge in [0, 0.05) is 10.9 Å². The van der Waals surface area contributed by atoms with Gasteiger partial charge in [-0.3, -0.25) is 0 Å². The third-order valence-corrected chi connectivity index (χ3v) is 4.19. The first-order valence-corrected chi connectivity index (χ1v) is 7.33. The molecule has 1 aliphatic rings. The Labute approximate surface area is 117 Å². The summed E-state index contributed by atoms with van der Waals surface area (Å²) in [7, 11) is 0. The van der Waals surface area contributed by atoms with Crippen LogP contribution in [0.2, 0.25) is 0 Å². The summed E-state index contributed by atoms with van der Waals surface area (Å²) in [6.07, 6.45) is 6.55. The van der Waals surface area contributed by atoms with E-state index in [2.05, 4.69) is 22.0 Å². The monoisotopic (exact) mass is 307 g/mol. The van der Waals surface area contributed by atoms with Gasteiger partial charge in [0.2, 0.25) is 0 Å². The molecule has 2 rings (SSSR count). The van der Waals surface area contributed by atoms with E-state index in [1.165, 1.54) is 19.3 Å². The Morgan fingerprint density at radius 1 is 1.28 bits per heavy atom. The number of nitriles is 1. The molecule has 0 bridgehead atoms. The Hall–Kier alpha value is -1.01. The van der Waals surface area contributed by atoms with Gasteiger partial charge in [-0.25, -0.2) is 0 Å². The van der Waals surface area contributed by atoms with Gasteiger partial charge in [-0.1, -0.05) is 41.3 Å². The molecule has 1 aromatic rings. The van der Waals surface area contributed by atoms with Crippen LogP contribution >= 0.6 is 15.9 Å². The summed E-state index contributed by atoms with van der Waals surface area (Å²) in [6, 6.07) is 10.4. The number of hydrogen-bond acceptors (Lipinski definition) is 2. The van der Waals surface area contributed by atoms with Crippen molar-refractivity contribution in [2.24, 2.45) is 5.41 Å². The van der Waals surface area contributed by atoms with Crippen LogP contribution in [-0.4, -0.2) is 6.61 Å². The second-order valence-corrected chi connectivity index (χ2v) is 5.92. The molecule has 0 aliphatic heterocycles. The molecule has 0 atom stereocenters. The van der Waals surface area contributed by atoms with Crippen LogP contribution in [0.3, 0.4) is 0 Å². The molecule has 96 valence electrons. The smallest absolute Gasteiger partial charge is 0.120 e. The van der Waals surface area contributed by atoms with Gasteiger partial charge in [-0.05, 0) is 31.0 Å². The van der Waals surface area contributed by atoms with Gasteiger partial charge in [-0.15, -0.1) is 0 Å². The maximum atomic E-state index is 9.37. The fourth-order valence-electron chi connectivity index (χ4n) is 2.57. The summed E-state index contributed by atoms with van der Waals surface area (Å²) in [5, 5.41) is 9.37.